The first kappa shape index (κ1) is 16.8. The van der Waals surface area contributed by atoms with Gasteiger partial charge in [0.15, 0.2) is 0 Å². The molecule has 1 aromatic carbocycles. The smallest absolute Gasteiger partial charge is 0.239 e. The predicted octanol–water partition coefficient (Wildman–Crippen LogP) is 3.29. The summed E-state index contributed by atoms with van der Waals surface area (Å²) in [6.45, 7) is 5.66. The third-order valence-electron chi connectivity index (χ3n) is 3.36. The van der Waals surface area contributed by atoms with Crippen molar-refractivity contribution in [1.29, 1.82) is 0 Å². The zero-order valence-electron chi connectivity index (χ0n) is 13.0. The van der Waals surface area contributed by atoms with Crippen molar-refractivity contribution in [3.05, 3.63) is 45.9 Å². The summed E-state index contributed by atoms with van der Waals surface area (Å²) < 4.78 is 12.3. The number of carbonyl (C=O) groups is 1. The van der Waals surface area contributed by atoms with Gasteiger partial charge >= 0.3 is 0 Å². The van der Waals surface area contributed by atoms with E-state index in [1.165, 1.54) is 0 Å². The van der Waals surface area contributed by atoms with E-state index in [0.717, 1.165) is 28.4 Å². The van der Waals surface area contributed by atoms with Gasteiger partial charge in [-0.1, -0.05) is 25.1 Å². The standard InChI is InChI=1S/C16H20N2O2S2/c1-4-15-17-13(9-21-15)10-22(20)12(3)16(19)18-14-8-6-5-7-11(14)2/h5-9,12H,4,10H2,1-3H3,(H,18,19)/t12-,22-/m1/s1. The van der Waals surface area contributed by atoms with Crippen LogP contribution in [0.4, 0.5) is 5.69 Å². The van der Waals surface area contributed by atoms with Crippen LogP contribution in [0.1, 0.15) is 30.1 Å². The minimum Gasteiger partial charge on any atom is -0.325 e. The fraction of sp³-hybridized carbons (Fsp3) is 0.375. The van der Waals surface area contributed by atoms with Crippen LogP contribution in [0.5, 0.6) is 0 Å². The van der Waals surface area contributed by atoms with E-state index in [4.69, 9.17) is 0 Å². The topological polar surface area (TPSA) is 59.1 Å². The van der Waals surface area contributed by atoms with Crippen LogP contribution in [-0.2, 0) is 27.8 Å². The van der Waals surface area contributed by atoms with Gasteiger partial charge in [0.25, 0.3) is 0 Å². The molecule has 4 nitrogen and oxygen atoms in total. The number of hydrogen-bond donors (Lipinski definition) is 1. The lowest BCUT2D eigenvalue weighted by molar-refractivity contribution is -0.115. The molecule has 1 amide bonds. The van der Waals surface area contributed by atoms with Gasteiger partial charge in [0.1, 0.15) is 5.25 Å². The molecule has 0 aliphatic carbocycles. The van der Waals surface area contributed by atoms with Crippen LogP contribution in [0.15, 0.2) is 29.6 Å². The van der Waals surface area contributed by atoms with Gasteiger partial charge in [-0.05, 0) is 31.9 Å². The predicted molar refractivity (Wildman–Crippen MR) is 92.6 cm³/mol. The summed E-state index contributed by atoms with van der Waals surface area (Å²) in [5, 5.41) is 5.22. The minimum atomic E-state index is -1.28. The minimum absolute atomic E-state index is 0.224. The van der Waals surface area contributed by atoms with E-state index in [1.54, 1.807) is 18.3 Å². The molecule has 0 unspecified atom stereocenters. The fourth-order valence-corrected chi connectivity index (χ4v) is 3.75. The average molecular weight is 336 g/mol. The van der Waals surface area contributed by atoms with Crippen molar-refractivity contribution in [2.45, 2.75) is 38.2 Å². The van der Waals surface area contributed by atoms with E-state index in [1.807, 2.05) is 43.5 Å². The first-order valence-corrected chi connectivity index (χ1v) is 9.44. The third-order valence-corrected chi connectivity index (χ3v) is 5.98. The number of nitrogens with zero attached hydrogens (tertiary/aromatic N) is 1. The Morgan fingerprint density at radius 3 is 2.77 bits per heavy atom. The second-order valence-corrected chi connectivity index (χ2v) is 7.76. The number of rotatable bonds is 6. The monoisotopic (exact) mass is 336 g/mol. The van der Waals surface area contributed by atoms with Crippen molar-refractivity contribution in [2.24, 2.45) is 0 Å². The lowest BCUT2D eigenvalue weighted by Crippen LogP contribution is -2.30. The van der Waals surface area contributed by atoms with E-state index in [9.17, 15) is 9.00 Å². The van der Waals surface area contributed by atoms with Crippen LogP contribution in [0.3, 0.4) is 0 Å². The maximum atomic E-state index is 12.3. The molecule has 22 heavy (non-hydrogen) atoms. The molecule has 6 heteroatoms. The number of anilines is 1. The Balaban J connectivity index is 1.97. The molecule has 2 aromatic rings. The van der Waals surface area contributed by atoms with E-state index < -0.39 is 16.0 Å². The average Bonchev–Trinajstić information content (AvgIpc) is 2.96. The van der Waals surface area contributed by atoms with Crippen molar-refractivity contribution in [1.82, 2.24) is 4.98 Å². The van der Waals surface area contributed by atoms with E-state index >= 15 is 0 Å². The van der Waals surface area contributed by atoms with Gasteiger partial charge in [0, 0.05) is 21.9 Å². The molecule has 1 heterocycles. The number of amides is 1. The number of thiazole rings is 1. The molecule has 0 saturated heterocycles. The number of carbonyl (C=O) groups excluding carboxylic acids is 1. The third kappa shape index (κ3) is 4.24. The molecule has 0 aliphatic heterocycles. The van der Waals surface area contributed by atoms with Gasteiger partial charge in [-0.15, -0.1) is 11.3 Å². The Bertz CT molecular complexity index is 682. The molecular formula is C16H20N2O2S2. The summed E-state index contributed by atoms with van der Waals surface area (Å²) in [6.07, 6.45) is 0.876. The van der Waals surface area contributed by atoms with Crippen LogP contribution in [0, 0.1) is 6.92 Å². The molecule has 0 spiro atoms. The molecule has 2 rings (SSSR count). The highest BCUT2D eigenvalue weighted by Crippen LogP contribution is 2.16. The van der Waals surface area contributed by atoms with Gasteiger partial charge < -0.3 is 5.32 Å². The Morgan fingerprint density at radius 1 is 1.41 bits per heavy atom. The highest BCUT2D eigenvalue weighted by Gasteiger charge is 2.21. The van der Waals surface area contributed by atoms with Crippen LogP contribution in [0.2, 0.25) is 0 Å². The van der Waals surface area contributed by atoms with Crippen LogP contribution >= 0.6 is 11.3 Å². The van der Waals surface area contributed by atoms with Crippen molar-refractivity contribution in [2.75, 3.05) is 5.32 Å². The molecule has 118 valence electrons. The fourth-order valence-electron chi connectivity index (χ4n) is 1.92. The second kappa shape index (κ2) is 7.65. The number of aromatic nitrogens is 1. The number of benzene rings is 1. The molecule has 0 fully saturated rings. The molecule has 1 aromatic heterocycles. The molecule has 0 bridgehead atoms. The van der Waals surface area contributed by atoms with E-state index in [2.05, 4.69) is 10.3 Å². The Labute approximate surface area is 137 Å². The van der Waals surface area contributed by atoms with Crippen molar-refractivity contribution < 1.29 is 9.00 Å². The lowest BCUT2D eigenvalue weighted by Gasteiger charge is -2.13. The second-order valence-electron chi connectivity index (χ2n) is 5.06. The maximum Gasteiger partial charge on any atom is 0.239 e. The summed E-state index contributed by atoms with van der Waals surface area (Å²) in [4.78, 5) is 16.6. The van der Waals surface area contributed by atoms with Gasteiger partial charge in [0.2, 0.25) is 5.91 Å². The lowest BCUT2D eigenvalue weighted by atomic mass is 10.2. The van der Waals surface area contributed by atoms with Crippen molar-refractivity contribution in [3.8, 4) is 0 Å². The van der Waals surface area contributed by atoms with Crippen LogP contribution in [0.25, 0.3) is 0 Å². The molecule has 0 saturated carbocycles. The summed E-state index contributed by atoms with van der Waals surface area (Å²) in [5.74, 6) is 0.0948. The molecule has 1 N–H and O–H groups in total. The Hall–Kier alpha value is -1.53. The Morgan fingerprint density at radius 2 is 2.14 bits per heavy atom. The zero-order valence-corrected chi connectivity index (χ0v) is 14.6. The molecule has 0 aliphatic rings. The summed E-state index contributed by atoms with van der Waals surface area (Å²) in [7, 11) is -1.28. The molecular weight excluding hydrogens is 316 g/mol. The van der Waals surface area contributed by atoms with Crippen LogP contribution < -0.4 is 5.32 Å². The summed E-state index contributed by atoms with van der Waals surface area (Å²) in [5.41, 5.74) is 2.55. The zero-order chi connectivity index (χ0) is 16.1. The summed E-state index contributed by atoms with van der Waals surface area (Å²) in [6, 6.07) is 7.56. The Kier molecular flexibility index (Phi) is 5.85. The quantitative estimate of drug-likeness (QED) is 0.880. The van der Waals surface area contributed by atoms with Crippen molar-refractivity contribution in [3.63, 3.8) is 0 Å². The number of para-hydroxylation sites is 1. The van der Waals surface area contributed by atoms with E-state index in [-0.39, 0.29) is 5.91 Å². The molecule has 2 atom stereocenters. The van der Waals surface area contributed by atoms with Gasteiger partial charge in [-0.25, -0.2) is 4.98 Å². The first-order valence-electron chi connectivity index (χ1n) is 7.18. The normalized spacial score (nSPS) is 13.6. The van der Waals surface area contributed by atoms with Gasteiger partial charge in [-0.2, -0.15) is 0 Å². The highest BCUT2D eigenvalue weighted by molar-refractivity contribution is 7.85. The van der Waals surface area contributed by atoms with Crippen LogP contribution in [-0.4, -0.2) is 20.3 Å². The highest BCUT2D eigenvalue weighted by atomic mass is 32.2. The number of aryl methyl sites for hydroxylation is 2. The number of hydrogen-bond acceptors (Lipinski definition) is 4. The largest absolute Gasteiger partial charge is 0.325 e. The van der Waals surface area contributed by atoms with Gasteiger partial charge in [0.05, 0.1) is 16.5 Å². The molecule has 0 radical (unpaired) electrons. The van der Waals surface area contributed by atoms with Crippen molar-refractivity contribution >= 4 is 33.7 Å². The van der Waals surface area contributed by atoms with Gasteiger partial charge in [-0.3, -0.25) is 9.00 Å². The number of nitrogens with one attached hydrogen (secondary N) is 1. The SMILES string of the molecule is CCc1nc(C[S@@](=O)[C@H](C)C(=O)Nc2ccccc2C)cs1. The van der Waals surface area contributed by atoms with E-state index in [0.29, 0.717) is 5.75 Å². The summed E-state index contributed by atoms with van der Waals surface area (Å²) >= 11 is 1.57. The first-order chi connectivity index (χ1) is 10.5. The maximum absolute atomic E-state index is 12.3.